The number of halogens is 1. The lowest BCUT2D eigenvalue weighted by atomic mass is 9.82. The number of carbonyl (C=O) groups excluding carboxylic acids is 2. The molecule has 0 radical (unpaired) electrons. The first-order valence-corrected chi connectivity index (χ1v) is 13.3. The molecule has 0 spiro atoms. The molecule has 1 aliphatic heterocycles. The highest BCUT2D eigenvalue weighted by Gasteiger charge is 2.58. The van der Waals surface area contributed by atoms with E-state index in [4.69, 9.17) is 21.1 Å². The molecule has 1 saturated carbocycles. The molecule has 1 saturated heterocycles. The Morgan fingerprint density at radius 1 is 0.895 bits per heavy atom. The number of benzene rings is 3. The average Bonchev–Trinajstić information content (AvgIpc) is 3.15. The van der Waals surface area contributed by atoms with Gasteiger partial charge in [-0.2, -0.15) is 0 Å². The van der Waals surface area contributed by atoms with E-state index in [0.29, 0.717) is 33.3 Å². The molecule has 3 aromatic rings. The van der Waals surface area contributed by atoms with Crippen LogP contribution in [-0.2, 0) is 15.1 Å². The van der Waals surface area contributed by atoms with Gasteiger partial charge in [-0.25, -0.2) is 0 Å². The minimum atomic E-state index is -1.49. The number of nitrogens with zero attached hydrogens (tertiary/aromatic N) is 1. The quantitative estimate of drug-likeness (QED) is 0.281. The normalized spacial score (nSPS) is 21.1. The summed E-state index contributed by atoms with van der Waals surface area (Å²) in [6, 6.07) is 22.0. The van der Waals surface area contributed by atoms with Crippen molar-refractivity contribution in [2.24, 2.45) is 0 Å². The first-order valence-electron chi connectivity index (χ1n) is 12.9. The predicted molar refractivity (Wildman–Crippen MR) is 149 cm³/mol. The zero-order valence-corrected chi connectivity index (χ0v) is 22.3. The van der Waals surface area contributed by atoms with E-state index in [1.165, 1.54) is 4.90 Å². The maximum Gasteiger partial charge on any atom is 0.264 e. The monoisotopic (exact) mass is 530 g/mol. The van der Waals surface area contributed by atoms with Crippen LogP contribution >= 0.6 is 11.6 Å². The number of carbonyl (C=O) groups is 2. The van der Waals surface area contributed by atoms with E-state index in [1.807, 2.05) is 48.5 Å². The lowest BCUT2D eigenvalue weighted by Gasteiger charge is -2.34. The van der Waals surface area contributed by atoms with Crippen molar-refractivity contribution < 1.29 is 19.1 Å². The average molecular weight is 531 g/mol. The van der Waals surface area contributed by atoms with Crippen LogP contribution in [0.1, 0.15) is 43.2 Å². The van der Waals surface area contributed by atoms with Crippen molar-refractivity contribution >= 4 is 35.2 Å². The molecule has 1 N–H and O–H groups in total. The Morgan fingerprint density at radius 3 is 2.32 bits per heavy atom. The van der Waals surface area contributed by atoms with Gasteiger partial charge in [0.15, 0.2) is 17.0 Å². The molecule has 7 heteroatoms. The number of rotatable bonds is 7. The Kier molecular flexibility index (Phi) is 7.43. The van der Waals surface area contributed by atoms with Gasteiger partial charge in [-0.05, 0) is 54.3 Å². The fraction of sp³-hybridized carbons (Fsp3) is 0.290. The highest BCUT2D eigenvalue weighted by Crippen LogP contribution is 2.46. The first kappa shape index (κ1) is 25.9. The molecule has 1 aliphatic carbocycles. The molecular weight excluding hydrogens is 500 g/mol. The van der Waals surface area contributed by atoms with E-state index in [1.54, 1.807) is 44.6 Å². The summed E-state index contributed by atoms with van der Waals surface area (Å²) < 4.78 is 10.9. The highest BCUT2D eigenvalue weighted by atomic mass is 35.5. The summed E-state index contributed by atoms with van der Waals surface area (Å²) in [6.45, 7) is 0. The van der Waals surface area contributed by atoms with E-state index in [-0.39, 0.29) is 17.9 Å². The van der Waals surface area contributed by atoms with Crippen molar-refractivity contribution in [3.63, 3.8) is 0 Å². The summed E-state index contributed by atoms with van der Waals surface area (Å²) in [5.41, 5.74) is 0.896. The molecule has 1 atom stereocenters. The topological polar surface area (TPSA) is 67.9 Å². The lowest BCUT2D eigenvalue weighted by Crippen LogP contribution is -2.48. The van der Waals surface area contributed by atoms with Gasteiger partial charge in [0, 0.05) is 22.8 Å². The minimum absolute atomic E-state index is 0.142. The van der Waals surface area contributed by atoms with Crippen molar-refractivity contribution in [2.75, 3.05) is 19.5 Å². The largest absolute Gasteiger partial charge is 0.493 e. The van der Waals surface area contributed by atoms with Crippen molar-refractivity contribution in [1.82, 2.24) is 4.90 Å². The van der Waals surface area contributed by atoms with Crippen molar-refractivity contribution in [3.8, 4) is 11.5 Å². The van der Waals surface area contributed by atoms with Crippen LogP contribution in [0, 0.1) is 0 Å². The van der Waals surface area contributed by atoms with Gasteiger partial charge in [0.2, 0.25) is 0 Å². The zero-order chi connectivity index (χ0) is 26.7. The third kappa shape index (κ3) is 4.65. The Hall–Kier alpha value is -3.77. The fourth-order valence-electron chi connectivity index (χ4n) is 5.56. The van der Waals surface area contributed by atoms with E-state index < -0.39 is 5.54 Å². The zero-order valence-electron chi connectivity index (χ0n) is 21.6. The SMILES string of the molecule is COc1ccc(NC2(c3cccc(Cl)c3)C(=O)N(C3CCCCC3)C(=O)C2=Cc2ccccc2)cc1OC. The molecule has 2 amide bonds. The fourth-order valence-corrected chi connectivity index (χ4v) is 5.75. The summed E-state index contributed by atoms with van der Waals surface area (Å²) in [6.07, 6.45) is 6.52. The van der Waals surface area contributed by atoms with Gasteiger partial charge in [0.05, 0.1) is 19.8 Å². The number of nitrogens with one attached hydrogen (secondary N) is 1. The number of hydrogen-bond donors (Lipinski definition) is 1. The number of ether oxygens (including phenoxy) is 2. The van der Waals surface area contributed by atoms with Crippen LogP contribution in [0.2, 0.25) is 5.02 Å². The summed E-state index contributed by atoms with van der Waals surface area (Å²) in [7, 11) is 3.13. The first-order chi connectivity index (χ1) is 18.5. The van der Waals surface area contributed by atoms with Crippen molar-refractivity contribution in [1.29, 1.82) is 0 Å². The second kappa shape index (κ2) is 10.9. The molecule has 3 aromatic carbocycles. The summed E-state index contributed by atoms with van der Waals surface area (Å²) in [4.78, 5) is 30.3. The van der Waals surface area contributed by atoms with Crippen LogP contribution in [0.25, 0.3) is 6.08 Å². The molecule has 0 aromatic heterocycles. The molecule has 5 rings (SSSR count). The number of methoxy groups -OCH3 is 2. The molecular formula is C31H31ClN2O4. The Morgan fingerprint density at radius 2 is 1.63 bits per heavy atom. The van der Waals surface area contributed by atoms with Gasteiger partial charge in [0.25, 0.3) is 11.8 Å². The van der Waals surface area contributed by atoms with Crippen molar-refractivity contribution in [3.05, 3.63) is 94.5 Å². The molecule has 38 heavy (non-hydrogen) atoms. The number of hydrogen-bond acceptors (Lipinski definition) is 5. The second-order valence-corrected chi connectivity index (χ2v) is 10.1. The predicted octanol–water partition coefficient (Wildman–Crippen LogP) is 6.45. The Balaban J connectivity index is 1.74. The van der Waals surface area contributed by atoms with Gasteiger partial charge in [-0.3, -0.25) is 14.5 Å². The van der Waals surface area contributed by atoms with E-state index in [0.717, 1.165) is 37.7 Å². The van der Waals surface area contributed by atoms with Gasteiger partial charge in [-0.15, -0.1) is 0 Å². The number of amides is 2. The highest BCUT2D eigenvalue weighted by molar-refractivity contribution is 6.31. The smallest absolute Gasteiger partial charge is 0.264 e. The Labute approximate surface area is 228 Å². The molecule has 0 bridgehead atoms. The summed E-state index contributed by atoms with van der Waals surface area (Å²) in [5.74, 6) is 0.494. The molecule has 2 fully saturated rings. The number of likely N-dealkylation sites (tertiary alicyclic amines) is 1. The molecule has 6 nitrogen and oxygen atoms in total. The minimum Gasteiger partial charge on any atom is -0.493 e. The van der Waals surface area contributed by atoms with Gasteiger partial charge in [-0.1, -0.05) is 73.3 Å². The van der Waals surface area contributed by atoms with E-state index in [9.17, 15) is 9.59 Å². The van der Waals surface area contributed by atoms with Crippen LogP contribution < -0.4 is 14.8 Å². The van der Waals surface area contributed by atoms with E-state index >= 15 is 0 Å². The lowest BCUT2D eigenvalue weighted by molar-refractivity contribution is -0.142. The van der Waals surface area contributed by atoms with Gasteiger partial charge >= 0.3 is 0 Å². The van der Waals surface area contributed by atoms with Crippen LogP contribution in [0.5, 0.6) is 11.5 Å². The van der Waals surface area contributed by atoms with Gasteiger partial charge in [0.1, 0.15) is 0 Å². The molecule has 1 heterocycles. The number of imide groups is 1. The number of anilines is 1. The van der Waals surface area contributed by atoms with Gasteiger partial charge < -0.3 is 14.8 Å². The van der Waals surface area contributed by atoms with Crippen LogP contribution in [-0.4, -0.2) is 37.0 Å². The molecule has 1 unspecified atom stereocenters. The standard InChI is InChI=1S/C31H31ClN2O4/c1-37-27-17-16-24(20-28(27)38-2)33-31(22-12-9-13-23(32)19-22)26(18-21-10-5-3-6-11-21)29(35)34(30(31)36)25-14-7-4-8-15-25/h3,5-6,9-13,16-20,25,33H,4,7-8,14-15H2,1-2H3. The van der Waals surface area contributed by atoms with E-state index in [2.05, 4.69) is 5.32 Å². The van der Waals surface area contributed by atoms with Crippen LogP contribution in [0.3, 0.4) is 0 Å². The maximum absolute atomic E-state index is 14.6. The van der Waals surface area contributed by atoms with Crippen molar-refractivity contribution in [2.45, 2.75) is 43.7 Å². The summed E-state index contributed by atoms with van der Waals surface area (Å²) in [5, 5.41) is 3.95. The van der Waals surface area contributed by atoms with Crippen LogP contribution in [0.4, 0.5) is 5.69 Å². The Bertz CT molecular complexity index is 1370. The third-order valence-electron chi connectivity index (χ3n) is 7.42. The second-order valence-electron chi connectivity index (χ2n) is 9.70. The molecule has 2 aliphatic rings. The molecule has 196 valence electrons. The maximum atomic E-state index is 14.6. The summed E-state index contributed by atoms with van der Waals surface area (Å²) >= 11 is 6.46. The third-order valence-corrected chi connectivity index (χ3v) is 7.65. The van der Waals surface area contributed by atoms with Crippen LogP contribution in [0.15, 0.2) is 78.4 Å².